The van der Waals surface area contributed by atoms with Crippen LogP contribution in [0.4, 0.5) is 11.6 Å². The zero-order valence-corrected chi connectivity index (χ0v) is 17.6. The Hall–Kier alpha value is -2.63. The molecule has 2 aromatic rings. The highest BCUT2D eigenvalue weighted by Gasteiger charge is 2.25. The Labute approximate surface area is 173 Å². The Bertz CT molecular complexity index is 852. The molecule has 2 aliphatic rings. The van der Waals surface area contributed by atoms with Gasteiger partial charge in [-0.05, 0) is 50.5 Å². The summed E-state index contributed by atoms with van der Waals surface area (Å²) < 4.78 is 0. The van der Waals surface area contributed by atoms with Crippen molar-refractivity contribution in [2.75, 3.05) is 49.1 Å². The minimum absolute atomic E-state index is 0.0236. The molecule has 0 atom stereocenters. The van der Waals surface area contributed by atoms with Gasteiger partial charge in [0.05, 0.1) is 0 Å². The molecule has 0 saturated carbocycles. The molecule has 0 unspecified atom stereocenters. The summed E-state index contributed by atoms with van der Waals surface area (Å²) in [6.07, 6.45) is 4.86. The van der Waals surface area contributed by atoms with Gasteiger partial charge in [0.1, 0.15) is 5.69 Å². The van der Waals surface area contributed by atoms with E-state index in [0.717, 1.165) is 45.0 Å². The second-order valence-corrected chi connectivity index (χ2v) is 8.21. The van der Waals surface area contributed by atoms with Gasteiger partial charge in [-0.25, -0.2) is 9.97 Å². The molecule has 29 heavy (non-hydrogen) atoms. The number of hydrogen-bond acceptors (Lipinski definition) is 5. The summed E-state index contributed by atoms with van der Waals surface area (Å²) in [4.78, 5) is 29.0. The third kappa shape index (κ3) is 4.69. The molecular weight excluding hydrogens is 362 g/mol. The highest BCUT2D eigenvalue weighted by Crippen LogP contribution is 2.20. The van der Waals surface area contributed by atoms with Crippen LogP contribution >= 0.6 is 0 Å². The molecule has 1 aromatic carbocycles. The van der Waals surface area contributed by atoms with Crippen LogP contribution in [0.2, 0.25) is 0 Å². The van der Waals surface area contributed by atoms with Gasteiger partial charge >= 0.3 is 0 Å². The minimum Gasteiger partial charge on any atom is -0.368 e. The monoisotopic (exact) mass is 393 g/mol. The van der Waals surface area contributed by atoms with Crippen LogP contribution in [-0.2, 0) is 0 Å². The molecular formula is C23H31N5O. The van der Waals surface area contributed by atoms with E-state index in [-0.39, 0.29) is 5.91 Å². The Morgan fingerprint density at radius 3 is 2.24 bits per heavy atom. The number of carbonyl (C=O) groups excluding carboxylic acids is 1. The van der Waals surface area contributed by atoms with Crippen molar-refractivity contribution in [1.82, 2.24) is 14.9 Å². The summed E-state index contributed by atoms with van der Waals surface area (Å²) in [6.45, 7) is 9.15. The van der Waals surface area contributed by atoms with Gasteiger partial charge in [0, 0.05) is 50.6 Å². The largest absolute Gasteiger partial charge is 0.368 e. The van der Waals surface area contributed by atoms with Crippen LogP contribution in [0.1, 0.15) is 47.4 Å². The van der Waals surface area contributed by atoms with E-state index in [1.54, 1.807) is 0 Å². The number of aromatic nitrogens is 2. The lowest BCUT2D eigenvalue weighted by Crippen LogP contribution is -2.49. The second-order valence-electron chi connectivity index (χ2n) is 8.21. The zero-order chi connectivity index (χ0) is 20.2. The summed E-state index contributed by atoms with van der Waals surface area (Å²) in [5, 5.41) is 0. The van der Waals surface area contributed by atoms with E-state index in [0.29, 0.717) is 11.6 Å². The Kier molecular flexibility index (Phi) is 5.97. The van der Waals surface area contributed by atoms with E-state index in [4.69, 9.17) is 0 Å². The lowest BCUT2D eigenvalue weighted by Gasteiger charge is -2.36. The van der Waals surface area contributed by atoms with Crippen LogP contribution in [0.15, 0.2) is 30.3 Å². The van der Waals surface area contributed by atoms with Crippen LogP contribution in [0, 0.1) is 13.8 Å². The van der Waals surface area contributed by atoms with E-state index in [1.165, 1.54) is 36.9 Å². The third-order valence-electron chi connectivity index (χ3n) is 5.88. The molecule has 6 nitrogen and oxygen atoms in total. The van der Waals surface area contributed by atoms with E-state index >= 15 is 0 Å². The number of carbonyl (C=O) groups is 1. The van der Waals surface area contributed by atoms with Gasteiger partial charge in [0.25, 0.3) is 5.91 Å². The van der Waals surface area contributed by atoms with E-state index < -0.39 is 0 Å². The van der Waals surface area contributed by atoms with Crippen LogP contribution in [0.25, 0.3) is 0 Å². The van der Waals surface area contributed by atoms with Crippen LogP contribution in [0.3, 0.4) is 0 Å². The molecule has 0 N–H and O–H groups in total. The van der Waals surface area contributed by atoms with Crippen molar-refractivity contribution in [1.29, 1.82) is 0 Å². The van der Waals surface area contributed by atoms with Gasteiger partial charge in [-0.2, -0.15) is 0 Å². The van der Waals surface area contributed by atoms with Gasteiger partial charge in [0.2, 0.25) is 5.95 Å². The smallest absolute Gasteiger partial charge is 0.272 e. The standard InChI is InChI=1S/C23H31N5O/c1-18-8-7-9-20(16-18)26-12-14-27(15-13-26)22(29)21-17-19(2)24-23(25-21)28-10-5-3-4-6-11-28/h7-9,16-17H,3-6,10-15H2,1-2H3. The number of aryl methyl sites for hydroxylation is 2. The summed E-state index contributed by atoms with van der Waals surface area (Å²) in [7, 11) is 0. The molecule has 6 heteroatoms. The van der Waals surface area contributed by atoms with Crippen molar-refractivity contribution in [2.45, 2.75) is 39.5 Å². The molecule has 4 rings (SSSR count). The highest BCUT2D eigenvalue weighted by molar-refractivity contribution is 5.93. The molecule has 2 fully saturated rings. The number of nitrogens with zero attached hydrogens (tertiary/aromatic N) is 5. The first-order valence-electron chi connectivity index (χ1n) is 10.8. The number of anilines is 2. The van der Waals surface area contributed by atoms with Crippen molar-refractivity contribution in [3.63, 3.8) is 0 Å². The first kappa shape index (κ1) is 19.7. The molecule has 3 heterocycles. The number of amides is 1. The Morgan fingerprint density at radius 2 is 1.55 bits per heavy atom. The van der Waals surface area contributed by atoms with Gasteiger partial charge in [-0.15, -0.1) is 0 Å². The molecule has 1 amide bonds. The molecule has 154 valence electrons. The SMILES string of the molecule is Cc1cccc(N2CCN(C(=O)c3cc(C)nc(N4CCCCCC4)n3)CC2)c1. The van der Waals surface area contributed by atoms with Crippen molar-refractivity contribution >= 4 is 17.5 Å². The number of piperazine rings is 1. The van der Waals surface area contributed by atoms with Gasteiger partial charge in [0.15, 0.2) is 0 Å². The van der Waals surface area contributed by atoms with Gasteiger partial charge < -0.3 is 14.7 Å². The summed E-state index contributed by atoms with van der Waals surface area (Å²) in [5.41, 5.74) is 3.89. The maximum absolute atomic E-state index is 13.2. The fourth-order valence-electron chi connectivity index (χ4n) is 4.23. The molecule has 0 bridgehead atoms. The zero-order valence-electron chi connectivity index (χ0n) is 17.6. The first-order chi connectivity index (χ1) is 14.1. The maximum Gasteiger partial charge on any atom is 0.272 e. The van der Waals surface area contributed by atoms with Crippen molar-refractivity contribution in [2.24, 2.45) is 0 Å². The van der Waals surface area contributed by atoms with E-state index in [9.17, 15) is 4.79 Å². The summed E-state index contributed by atoms with van der Waals surface area (Å²) in [5.74, 6) is 0.740. The first-order valence-corrected chi connectivity index (χ1v) is 10.8. The Balaban J connectivity index is 1.44. The average molecular weight is 394 g/mol. The predicted molar refractivity (Wildman–Crippen MR) is 117 cm³/mol. The number of benzene rings is 1. The van der Waals surface area contributed by atoms with Crippen molar-refractivity contribution < 1.29 is 4.79 Å². The summed E-state index contributed by atoms with van der Waals surface area (Å²) in [6, 6.07) is 10.4. The molecule has 0 radical (unpaired) electrons. The molecule has 0 spiro atoms. The average Bonchev–Trinajstić information content (AvgIpc) is 3.02. The predicted octanol–water partition coefficient (Wildman–Crippen LogP) is 3.44. The van der Waals surface area contributed by atoms with Gasteiger partial charge in [-0.1, -0.05) is 25.0 Å². The van der Waals surface area contributed by atoms with Crippen LogP contribution in [-0.4, -0.2) is 60.0 Å². The number of hydrogen-bond donors (Lipinski definition) is 0. The maximum atomic E-state index is 13.2. The van der Waals surface area contributed by atoms with Crippen LogP contribution in [0.5, 0.6) is 0 Å². The summed E-state index contributed by atoms with van der Waals surface area (Å²) >= 11 is 0. The van der Waals surface area contributed by atoms with Crippen molar-refractivity contribution in [3.8, 4) is 0 Å². The van der Waals surface area contributed by atoms with E-state index in [2.05, 4.69) is 51.0 Å². The lowest BCUT2D eigenvalue weighted by atomic mass is 10.2. The normalized spacial score (nSPS) is 17.9. The fourth-order valence-corrected chi connectivity index (χ4v) is 4.23. The molecule has 1 aromatic heterocycles. The van der Waals surface area contributed by atoms with Crippen LogP contribution < -0.4 is 9.80 Å². The molecule has 2 aliphatic heterocycles. The Morgan fingerprint density at radius 1 is 0.828 bits per heavy atom. The fraction of sp³-hybridized carbons (Fsp3) is 0.522. The number of rotatable bonds is 3. The minimum atomic E-state index is 0.0236. The van der Waals surface area contributed by atoms with Gasteiger partial charge in [-0.3, -0.25) is 4.79 Å². The quantitative estimate of drug-likeness (QED) is 0.800. The third-order valence-corrected chi connectivity index (χ3v) is 5.88. The topological polar surface area (TPSA) is 52.6 Å². The highest BCUT2D eigenvalue weighted by atomic mass is 16.2. The van der Waals surface area contributed by atoms with Crippen molar-refractivity contribution in [3.05, 3.63) is 47.3 Å². The van der Waals surface area contributed by atoms with E-state index in [1.807, 2.05) is 17.9 Å². The lowest BCUT2D eigenvalue weighted by molar-refractivity contribution is 0.0740. The molecule has 2 saturated heterocycles. The molecule has 0 aliphatic carbocycles. The second kappa shape index (κ2) is 8.80.